The maximum Gasteiger partial charge on any atom is 0.407 e. The molecular formula is C27H32N2O5. The number of hydrogen-bond acceptors (Lipinski definition) is 4. The molecular weight excluding hydrogens is 432 g/mol. The zero-order chi connectivity index (χ0) is 24.4. The van der Waals surface area contributed by atoms with E-state index in [1.807, 2.05) is 31.2 Å². The molecule has 0 bridgehead atoms. The van der Waals surface area contributed by atoms with Crippen LogP contribution in [0, 0.1) is 17.8 Å². The third-order valence-corrected chi connectivity index (χ3v) is 7.35. The fraction of sp³-hybridized carbons (Fsp3) is 0.444. The van der Waals surface area contributed by atoms with E-state index in [0.717, 1.165) is 11.1 Å². The highest BCUT2D eigenvalue weighted by atomic mass is 16.5. The van der Waals surface area contributed by atoms with E-state index in [4.69, 9.17) is 9.84 Å². The number of likely N-dealkylation sites (tertiary alicyclic amines) is 1. The quantitative estimate of drug-likeness (QED) is 0.643. The molecule has 2 aromatic carbocycles. The zero-order valence-electron chi connectivity index (χ0n) is 19.9. The second kappa shape index (κ2) is 9.87. The number of nitrogens with one attached hydrogen (secondary N) is 1. The minimum Gasteiger partial charge on any atom is -0.481 e. The summed E-state index contributed by atoms with van der Waals surface area (Å²) in [6.45, 7) is 6.75. The maximum atomic E-state index is 13.0. The Labute approximate surface area is 200 Å². The Morgan fingerprint density at radius 2 is 1.62 bits per heavy atom. The summed E-state index contributed by atoms with van der Waals surface area (Å²) in [6.07, 6.45) is -0.486. The van der Waals surface area contributed by atoms with Crippen molar-refractivity contribution < 1.29 is 24.2 Å². The molecule has 1 heterocycles. The molecule has 0 spiro atoms. The van der Waals surface area contributed by atoms with E-state index in [9.17, 15) is 14.4 Å². The van der Waals surface area contributed by atoms with E-state index in [1.165, 1.54) is 11.1 Å². The number of carbonyl (C=O) groups is 3. The number of carbonyl (C=O) groups excluding carboxylic acids is 2. The minimum absolute atomic E-state index is 0.0234. The fourth-order valence-electron chi connectivity index (χ4n) is 5.16. The SMILES string of the molecule is CC(NC(=O)OCC1c2ccccc2-c2ccccc21)C(C)C(=O)N1C[C@@H](CC(=O)O)[C@H](C)C1. The van der Waals surface area contributed by atoms with Crippen LogP contribution in [0.25, 0.3) is 11.1 Å². The number of amides is 2. The standard InChI is InChI=1S/C27H32N2O5/c1-16-13-29(14-19(16)12-25(30)31)26(32)17(2)18(3)28-27(33)34-15-24-22-10-6-4-8-20(22)21-9-5-7-11-23(21)24/h4-11,16-19,24H,12-15H2,1-3H3,(H,28,33)(H,30,31)/t16-,17?,18?,19-/m1/s1. The summed E-state index contributed by atoms with van der Waals surface area (Å²) in [5, 5.41) is 11.9. The Hall–Kier alpha value is -3.35. The van der Waals surface area contributed by atoms with Crippen molar-refractivity contribution in [3.8, 4) is 11.1 Å². The van der Waals surface area contributed by atoms with Gasteiger partial charge in [-0.2, -0.15) is 0 Å². The molecule has 0 aromatic heterocycles. The number of ether oxygens (including phenoxy) is 1. The molecule has 1 saturated heterocycles. The number of alkyl carbamates (subject to hydrolysis) is 1. The fourth-order valence-corrected chi connectivity index (χ4v) is 5.16. The van der Waals surface area contributed by atoms with Gasteiger partial charge < -0.3 is 20.1 Å². The summed E-state index contributed by atoms with van der Waals surface area (Å²) in [6, 6.07) is 15.9. The van der Waals surface area contributed by atoms with Crippen molar-refractivity contribution >= 4 is 18.0 Å². The number of aliphatic carboxylic acids is 1. The summed E-state index contributed by atoms with van der Waals surface area (Å²) in [5.41, 5.74) is 4.63. The van der Waals surface area contributed by atoms with Gasteiger partial charge in [-0.25, -0.2) is 4.79 Å². The van der Waals surface area contributed by atoms with Gasteiger partial charge in [-0.3, -0.25) is 9.59 Å². The largest absolute Gasteiger partial charge is 0.481 e. The molecule has 2 aromatic rings. The number of nitrogens with zero attached hydrogens (tertiary/aromatic N) is 1. The van der Waals surface area contributed by atoms with Gasteiger partial charge in [0.1, 0.15) is 6.61 Å². The van der Waals surface area contributed by atoms with Gasteiger partial charge >= 0.3 is 12.1 Å². The van der Waals surface area contributed by atoms with Crippen molar-refractivity contribution in [2.75, 3.05) is 19.7 Å². The normalized spacial score (nSPS) is 20.9. The van der Waals surface area contributed by atoms with Crippen molar-refractivity contribution in [1.82, 2.24) is 10.2 Å². The number of carboxylic acid groups (broad SMARTS) is 1. The predicted molar refractivity (Wildman–Crippen MR) is 128 cm³/mol. The van der Waals surface area contributed by atoms with E-state index >= 15 is 0 Å². The van der Waals surface area contributed by atoms with E-state index in [-0.39, 0.29) is 36.7 Å². The van der Waals surface area contributed by atoms with Gasteiger partial charge in [-0.05, 0) is 41.0 Å². The van der Waals surface area contributed by atoms with Crippen LogP contribution in [0.1, 0.15) is 44.2 Å². The zero-order valence-corrected chi connectivity index (χ0v) is 19.9. The van der Waals surface area contributed by atoms with Crippen molar-refractivity contribution in [2.45, 2.75) is 39.2 Å². The summed E-state index contributed by atoms with van der Waals surface area (Å²) < 4.78 is 5.60. The van der Waals surface area contributed by atoms with E-state index < -0.39 is 24.0 Å². The highest BCUT2D eigenvalue weighted by Gasteiger charge is 2.37. The highest BCUT2D eigenvalue weighted by molar-refractivity contribution is 5.81. The average Bonchev–Trinajstić information content (AvgIpc) is 3.34. The first-order valence-electron chi connectivity index (χ1n) is 11.9. The van der Waals surface area contributed by atoms with E-state index in [1.54, 1.807) is 18.7 Å². The third-order valence-electron chi connectivity index (χ3n) is 7.35. The average molecular weight is 465 g/mol. The molecule has 4 rings (SSSR count). The van der Waals surface area contributed by atoms with Gasteiger partial charge in [0.25, 0.3) is 0 Å². The summed E-state index contributed by atoms with van der Waals surface area (Å²) >= 11 is 0. The molecule has 4 atom stereocenters. The Morgan fingerprint density at radius 3 is 2.21 bits per heavy atom. The first-order valence-corrected chi connectivity index (χ1v) is 11.9. The first kappa shape index (κ1) is 23.8. The van der Waals surface area contributed by atoms with Gasteiger partial charge in [0.2, 0.25) is 5.91 Å². The van der Waals surface area contributed by atoms with Crippen molar-refractivity contribution in [1.29, 1.82) is 0 Å². The molecule has 7 heteroatoms. The molecule has 1 aliphatic carbocycles. The van der Waals surface area contributed by atoms with Crippen LogP contribution in [0.4, 0.5) is 4.79 Å². The molecule has 0 saturated carbocycles. The van der Waals surface area contributed by atoms with Crippen LogP contribution in [-0.2, 0) is 14.3 Å². The van der Waals surface area contributed by atoms with Crippen LogP contribution in [0.2, 0.25) is 0 Å². The number of benzene rings is 2. The van der Waals surface area contributed by atoms with Crippen LogP contribution in [0.3, 0.4) is 0 Å². The van der Waals surface area contributed by atoms with Crippen molar-refractivity contribution in [2.24, 2.45) is 17.8 Å². The summed E-state index contributed by atoms with van der Waals surface area (Å²) in [4.78, 5) is 38.3. The van der Waals surface area contributed by atoms with E-state index in [0.29, 0.717) is 13.1 Å². The third kappa shape index (κ3) is 4.79. The van der Waals surface area contributed by atoms with Gasteiger partial charge in [-0.15, -0.1) is 0 Å². The van der Waals surface area contributed by atoms with Crippen molar-refractivity contribution in [3.63, 3.8) is 0 Å². The molecule has 2 aliphatic rings. The molecule has 0 radical (unpaired) electrons. The van der Waals surface area contributed by atoms with Crippen LogP contribution in [-0.4, -0.2) is 53.7 Å². The van der Waals surface area contributed by atoms with Crippen LogP contribution in [0.15, 0.2) is 48.5 Å². The molecule has 1 aliphatic heterocycles. The monoisotopic (exact) mass is 464 g/mol. The number of fused-ring (bicyclic) bond motifs is 3. The highest BCUT2D eigenvalue weighted by Crippen LogP contribution is 2.44. The maximum absolute atomic E-state index is 13.0. The smallest absolute Gasteiger partial charge is 0.407 e. The summed E-state index contributed by atoms with van der Waals surface area (Å²) in [5.74, 6) is -1.30. The van der Waals surface area contributed by atoms with Crippen LogP contribution < -0.4 is 5.32 Å². The Balaban J connectivity index is 1.32. The minimum atomic E-state index is -0.843. The summed E-state index contributed by atoms with van der Waals surface area (Å²) in [7, 11) is 0. The van der Waals surface area contributed by atoms with Crippen LogP contribution in [0.5, 0.6) is 0 Å². The molecule has 34 heavy (non-hydrogen) atoms. The second-order valence-electron chi connectivity index (χ2n) is 9.63. The molecule has 7 nitrogen and oxygen atoms in total. The lowest BCUT2D eigenvalue weighted by Crippen LogP contribution is -2.45. The molecule has 1 fully saturated rings. The number of hydrogen-bond donors (Lipinski definition) is 2. The van der Waals surface area contributed by atoms with Crippen LogP contribution >= 0.6 is 0 Å². The lowest BCUT2D eigenvalue weighted by atomic mass is 9.95. The number of carboxylic acids is 1. The number of rotatable bonds is 7. The second-order valence-corrected chi connectivity index (χ2v) is 9.63. The lowest BCUT2D eigenvalue weighted by Gasteiger charge is -2.26. The topological polar surface area (TPSA) is 95.9 Å². The van der Waals surface area contributed by atoms with Crippen molar-refractivity contribution in [3.05, 3.63) is 59.7 Å². The molecule has 180 valence electrons. The first-order chi connectivity index (χ1) is 16.3. The Morgan fingerprint density at radius 1 is 1.03 bits per heavy atom. The Kier molecular flexibility index (Phi) is 6.91. The van der Waals surface area contributed by atoms with Gasteiger partial charge in [-0.1, -0.05) is 62.4 Å². The van der Waals surface area contributed by atoms with E-state index in [2.05, 4.69) is 29.6 Å². The molecule has 2 unspecified atom stereocenters. The predicted octanol–water partition coefficient (Wildman–Crippen LogP) is 4.12. The van der Waals surface area contributed by atoms with Gasteiger partial charge in [0.15, 0.2) is 0 Å². The van der Waals surface area contributed by atoms with Gasteiger partial charge in [0.05, 0.1) is 12.3 Å². The molecule has 2 N–H and O–H groups in total. The Bertz CT molecular complexity index is 1040. The van der Waals surface area contributed by atoms with Gasteiger partial charge in [0, 0.05) is 25.0 Å². The lowest BCUT2D eigenvalue weighted by molar-refractivity contribution is -0.139. The molecule has 2 amide bonds.